The molecule has 0 aromatic heterocycles. The van der Waals surface area contributed by atoms with E-state index in [9.17, 15) is 9.90 Å². The second-order valence-electron chi connectivity index (χ2n) is 6.35. The molecule has 1 amide bonds. The quantitative estimate of drug-likeness (QED) is 0.878. The Morgan fingerprint density at radius 3 is 2.68 bits per heavy atom. The van der Waals surface area contributed by atoms with Crippen molar-refractivity contribution in [1.82, 2.24) is 5.32 Å². The lowest BCUT2D eigenvalue weighted by molar-refractivity contribution is -0.121. The second-order valence-corrected chi connectivity index (χ2v) is 6.35. The van der Waals surface area contributed by atoms with E-state index in [1.54, 1.807) is 18.2 Å². The predicted octanol–water partition coefficient (Wildman–Crippen LogP) is 3.02. The van der Waals surface area contributed by atoms with E-state index in [-0.39, 0.29) is 11.7 Å². The zero-order valence-corrected chi connectivity index (χ0v) is 11.8. The van der Waals surface area contributed by atoms with Crippen molar-refractivity contribution in [1.29, 1.82) is 0 Å². The summed E-state index contributed by atoms with van der Waals surface area (Å²) in [6.45, 7) is 4.58. The van der Waals surface area contributed by atoms with Gasteiger partial charge in [0.25, 0.3) is 0 Å². The van der Waals surface area contributed by atoms with Crippen LogP contribution in [0.15, 0.2) is 24.3 Å². The fraction of sp³-hybridized carbons (Fsp3) is 0.562. The number of hydrogen-bond acceptors (Lipinski definition) is 2. The summed E-state index contributed by atoms with van der Waals surface area (Å²) in [6, 6.07) is 7.20. The van der Waals surface area contributed by atoms with Crippen LogP contribution in [0.1, 0.15) is 45.1 Å². The van der Waals surface area contributed by atoms with Gasteiger partial charge in [0.1, 0.15) is 5.75 Å². The third-order valence-corrected chi connectivity index (χ3v) is 3.98. The Morgan fingerprint density at radius 2 is 2.05 bits per heavy atom. The van der Waals surface area contributed by atoms with Gasteiger partial charge in [0.15, 0.2) is 0 Å². The largest absolute Gasteiger partial charge is 0.508 e. The van der Waals surface area contributed by atoms with Crippen molar-refractivity contribution < 1.29 is 9.90 Å². The molecule has 1 aliphatic rings. The molecule has 0 heterocycles. The molecule has 2 N–H and O–H groups in total. The molecule has 0 radical (unpaired) electrons. The smallest absolute Gasteiger partial charge is 0.224 e. The van der Waals surface area contributed by atoms with Crippen LogP contribution < -0.4 is 5.32 Å². The normalized spacial score (nSPS) is 19.1. The van der Waals surface area contributed by atoms with Gasteiger partial charge in [-0.15, -0.1) is 0 Å². The molecule has 0 spiro atoms. The molecule has 0 unspecified atom stereocenters. The molecule has 1 aliphatic carbocycles. The SMILES string of the molecule is CC1(C)CCC(NC(=O)Cc2cccc(O)c2)CC1. The number of aromatic hydroxyl groups is 1. The molecule has 19 heavy (non-hydrogen) atoms. The summed E-state index contributed by atoms with van der Waals surface area (Å²) in [5.74, 6) is 0.264. The zero-order chi connectivity index (χ0) is 13.9. The maximum absolute atomic E-state index is 12.0. The average molecular weight is 261 g/mol. The lowest BCUT2D eigenvalue weighted by Gasteiger charge is -2.34. The van der Waals surface area contributed by atoms with Crippen molar-refractivity contribution in [3.05, 3.63) is 29.8 Å². The molecule has 1 fully saturated rings. The first-order chi connectivity index (χ1) is 8.94. The van der Waals surface area contributed by atoms with Crippen LogP contribution in [0.25, 0.3) is 0 Å². The first-order valence-electron chi connectivity index (χ1n) is 7.02. The summed E-state index contributed by atoms with van der Waals surface area (Å²) >= 11 is 0. The number of phenols is 1. The fourth-order valence-corrected chi connectivity index (χ4v) is 2.67. The standard InChI is InChI=1S/C16H23NO2/c1-16(2)8-6-13(7-9-16)17-15(19)11-12-4-3-5-14(18)10-12/h3-5,10,13,18H,6-9,11H2,1-2H3,(H,17,19). The van der Waals surface area contributed by atoms with Gasteiger partial charge in [0.05, 0.1) is 6.42 Å². The number of phenolic OH excluding ortho intramolecular Hbond substituents is 1. The molecule has 0 saturated heterocycles. The highest BCUT2D eigenvalue weighted by molar-refractivity contribution is 5.79. The van der Waals surface area contributed by atoms with Crippen LogP contribution >= 0.6 is 0 Å². The average Bonchev–Trinajstić information content (AvgIpc) is 2.32. The third kappa shape index (κ3) is 4.27. The summed E-state index contributed by atoms with van der Waals surface area (Å²) in [4.78, 5) is 12.0. The Morgan fingerprint density at radius 1 is 1.37 bits per heavy atom. The van der Waals surface area contributed by atoms with Gasteiger partial charge in [0.2, 0.25) is 5.91 Å². The Balaban J connectivity index is 1.82. The number of benzene rings is 1. The van der Waals surface area contributed by atoms with E-state index in [2.05, 4.69) is 19.2 Å². The lowest BCUT2D eigenvalue weighted by Crippen LogP contribution is -2.39. The number of carbonyl (C=O) groups excluding carboxylic acids is 1. The highest BCUT2D eigenvalue weighted by Gasteiger charge is 2.27. The van der Waals surface area contributed by atoms with Gasteiger partial charge >= 0.3 is 0 Å². The topological polar surface area (TPSA) is 49.3 Å². The first kappa shape index (κ1) is 13.9. The van der Waals surface area contributed by atoms with Gasteiger partial charge in [0, 0.05) is 6.04 Å². The molecule has 0 bridgehead atoms. The predicted molar refractivity (Wildman–Crippen MR) is 76.0 cm³/mol. The van der Waals surface area contributed by atoms with Crippen molar-refractivity contribution in [3.63, 3.8) is 0 Å². The van der Waals surface area contributed by atoms with Crippen molar-refractivity contribution in [2.45, 2.75) is 52.0 Å². The number of carbonyl (C=O) groups is 1. The van der Waals surface area contributed by atoms with E-state index in [0.29, 0.717) is 17.9 Å². The highest BCUT2D eigenvalue weighted by Crippen LogP contribution is 2.34. The number of nitrogens with one attached hydrogen (secondary N) is 1. The van der Waals surface area contributed by atoms with Crippen molar-refractivity contribution >= 4 is 5.91 Å². The van der Waals surface area contributed by atoms with E-state index >= 15 is 0 Å². The van der Waals surface area contributed by atoms with Crippen LogP contribution in [0.4, 0.5) is 0 Å². The fourth-order valence-electron chi connectivity index (χ4n) is 2.67. The summed E-state index contributed by atoms with van der Waals surface area (Å²) in [5.41, 5.74) is 1.28. The molecular weight excluding hydrogens is 238 g/mol. The maximum Gasteiger partial charge on any atom is 0.224 e. The zero-order valence-electron chi connectivity index (χ0n) is 11.8. The van der Waals surface area contributed by atoms with Gasteiger partial charge in [-0.2, -0.15) is 0 Å². The number of hydrogen-bond donors (Lipinski definition) is 2. The molecule has 104 valence electrons. The van der Waals surface area contributed by atoms with Crippen LogP contribution in [-0.2, 0) is 11.2 Å². The van der Waals surface area contributed by atoms with Crippen LogP contribution in [-0.4, -0.2) is 17.1 Å². The number of amides is 1. The van der Waals surface area contributed by atoms with E-state index < -0.39 is 0 Å². The summed E-state index contributed by atoms with van der Waals surface area (Å²) in [6.07, 6.45) is 4.82. The minimum atomic E-state index is 0.0512. The molecule has 1 saturated carbocycles. The molecule has 0 aliphatic heterocycles. The molecule has 0 atom stereocenters. The minimum absolute atomic E-state index is 0.0512. The van der Waals surface area contributed by atoms with E-state index in [1.165, 1.54) is 12.8 Å². The Kier molecular flexibility index (Phi) is 4.13. The van der Waals surface area contributed by atoms with Gasteiger partial charge in [-0.05, 0) is 48.8 Å². The first-order valence-corrected chi connectivity index (χ1v) is 7.02. The Labute approximate surface area is 115 Å². The van der Waals surface area contributed by atoms with Crippen LogP contribution in [0.2, 0.25) is 0 Å². The van der Waals surface area contributed by atoms with Crippen LogP contribution in [0.5, 0.6) is 5.75 Å². The van der Waals surface area contributed by atoms with E-state index in [1.807, 2.05) is 6.07 Å². The molecule has 1 aromatic rings. The highest BCUT2D eigenvalue weighted by atomic mass is 16.3. The lowest BCUT2D eigenvalue weighted by atomic mass is 9.75. The summed E-state index contributed by atoms with van der Waals surface area (Å²) in [5, 5.41) is 12.5. The molecule has 1 aromatic carbocycles. The molecular formula is C16H23NO2. The van der Waals surface area contributed by atoms with Gasteiger partial charge in [-0.3, -0.25) is 4.79 Å². The Hall–Kier alpha value is -1.51. The monoisotopic (exact) mass is 261 g/mol. The van der Waals surface area contributed by atoms with Crippen molar-refractivity contribution in [2.24, 2.45) is 5.41 Å². The number of rotatable bonds is 3. The van der Waals surface area contributed by atoms with Crippen molar-refractivity contribution in [2.75, 3.05) is 0 Å². The van der Waals surface area contributed by atoms with Crippen LogP contribution in [0.3, 0.4) is 0 Å². The van der Waals surface area contributed by atoms with Crippen molar-refractivity contribution in [3.8, 4) is 5.75 Å². The summed E-state index contributed by atoms with van der Waals surface area (Å²) < 4.78 is 0. The maximum atomic E-state index is 12.0. The molecule has 2 rings (SSSR count). The minimum Gasteiger partial charge on any atom is -0.508 e. The molecule has 3 nitrogen and oxygen atoms in total. The van der Waals surface area contributed by atoms with E-state index in [0.717, 1.165) is 18.4 Å². The van der Waals surface area contributed by atoms with Crippen LogP contribution in [0, 0.1) is 5.41 Å². The van der Waals surface area contributed by atoms with Gasteiger partial charge in [-0.25, -0.2) is 0 Å². The Bertz CT molecular complexity index is 444. The van der Waals surface area contributed by atoms with Gasteiger partial charge in [-0.1, -0.05) is 26.0 Å². The van der Waals surface area contributed by atoms with E-state index in [4.69, 9.17) is 0 Å². The summed E-state index contributed by atoms with van der Waals surface area (Å²) in [7, 11) is 0. The molecule has 3 heteroatoms. The van der Waals surface area contributed by atoms with Gasteiger partial charge < -0.3 is 10.4 Å². The second kappa shape index (κ2) is 5.64. The third-order valence-electron chi connectivity index (χ3n) is 3.98.